The Hall–Kier alpha value is -3.58. The first-order chi connectivity index (χ1) is 16.7. The van der Waals surface area contributed by atoms with Crippen molar-refractivity contribution in [3.05, 3.63) is 83.7 Å². The Labute approximate surface area is 199 Å². The van der Waals surface area contributed by atoms with E-state index < -0.39 is 0 Å². The van der Waals surface area contributed by atoms with Crippen LogP contribution in [0.1, 0.15) is 40.3 Å². The number of hydrogen-bond acceptors (Lipinski definition) is 5. The van der Waals surface area contributed by atoms with Crippen LogP contribution in [-0.2, 0) is 19.5 Å². The Bertz CT molecular complexity index is 1260. The number of nitrogens with one attached hydrogen (secondary N) is 1. The molecule has 1 saturated heterocycles. The Balaban J connectivity index is 1.32. The zero-order valence-electron chi connectivity index (χ0n) is 19.5. The Kier molecular flexibility index (Phi) is 6.62. The average Bonchev–Trinajstić information content (AvgIpc) is 3.64. The van der Waals surface area contributed by atoms with E-state index in [0.29, 0.717) is 18.1 Å². The Morgan fingerprint density at radius 1 is 1.15 bits per heavy atom. The van der Waals surface area contributed by atoms with Crippen LogP contribution in [0.3, 0.4) is 0 Å². The molecule has 3 heterocycles. The lowest BCUT2D eigenvalue weighted by molar-refractivity contribution is 0.0787. The molecule has 1 amide bonds. The molecule has 1 aliphatic rings. The number of ether oxygens (including phenoxy) is 1. The molecule has 176 valence electrons. The number of aromatic nitrogens is 2. The second kappa shape index (κ2) is 10.1. The van der Waals surface area contributed by atoms with Gasteiger partial charge in [0, 0.05) is 43.3 Å². The van der Waals surface area contributed by atoms with Crippen molar-refractivity contribution in [2.24, 2.45) is 0 Å². The molecule has 0 saturated carbocycles. The molecule has 0 bridgehead atoms. The summed E-state index contributed by atoms with van der Waals surface area (Å²) in [6, 6.07) is 16.5. The highest BCUT2D eigenvalue weighted by atomic mass is 16.5. The van der Waals surface area contributed by atoms with Crippen LogP contribution < -0.4 is 4.74 Å². The number of hydrogen-bond donors (Lipinski definition) is 1. The zero-order chi connectivity index (χ0) is 23.3. The van der Waals surface area contributed by atoms with Crippen LogP contribution in [0.15, 0.2) is 65.4 Å². The monoisotopic (exact) mass is 458 g/mol. The van der Waals surface area contributed by atoms with E-state index in [1.807, 2.05) is 23.1 Å². The standard InChI is InChI=1S/C27H30N4O3/c1-33-22-8-6-7-20(15-22)17-30(14-11-21-16-28-24-10-3-2-9-23(21)24)18-26-29-25(19-34-26)27(32)31-12-4-5-13-31/h2-3,6-10,15-16,19,28H,4-5,11-14,17-18H2,1H3. The molecule has 0 atom stereocenters. The van der Waals surface area contributed by atoms with Crippen molar-refractivity contribution in [1.82, 2.24) is 19.8 Å². The maximum absolute atomic E-state index is 12.7. The summed E-state index contributed by atoms with van der Waals surface area (Å²) >= 11 is 0. The van der Waals surface area contributed by atoms with Gasteiger partial charge < -0.3 is 19.0 Å². The number of nitrogens with zero attached hydrogens (tertiary/aromatic N) is 3. The largest absolute Gasteiger partial charge is 0.497 e. The molecule has 4 aromatic rings. The van der Waals surface area contributed by atoms with E-state index in [4.69, 9.17) is 9.15 Å². The molecule has 1 N–H and O–H groups in total. The number of aromatic amines is 1. The van der Waals surface area contributed by atoms with Crippen molar-refractivity contribution in [2.45, 2.75) is 32.4 Å². The van der Waals surface area contributed by atoms with Crippen molar-refractivity contribution < 1.29 is 13.9 Å². The molecular weight excluding hydrogens is 428 g/mol. The zero-order valence-corrected chi connectivity index (χ0v) is 19.5. The Morgan fingerprint density at radius 2 is 2.00 bits per heavy atom. The number of H-pyrrole nitrogens is 1. The quantitative estimate of drug-likeness (QED) is 0.395. The molecular formula is C27H30N4O3. The van der Waals surface area contributed by atoms with Crippen LogP contribution in [0.5, 0.6) is 5.75 Å². The van der Waals surface area contributed by atoms with E-state index in [9.17, 15) is 4.79 Å². The summed E-state index contributed by atoms with van der Waals surface area (Å²) in [5.41, 5.74) is 3.98. The summed E-state index contributed by atoms with van der Waals surface area (Å²) in [5, 5.41) is 1.25. The molecule has 0 spiro atoms. The number of fused-ring (bicyclic) bond motifs is 1. The predicted octanol–water partition coefficient (Wildman–Crippen LogP) is 4.65. The van der Waals surface area contributed by atoms with Crippen molar-refractivity contribution >= 4 is 16.8 Å². The maximum Gasteiger partial charge on any atom is 0.275 e. The van der Waals surface area contributed by atoms with Gasteiger partial charge >= 0.3 is 0 Å². The predicted molar refractivity (Wildman–Crippen MR) is 131 cm³/mol. The first-order valence-corrected chi connectivity index (χ1v) is 11.8. The van der Waals surface area contributed by atoms with E-state index in [2.05, 4.69) is 51.4 Å². The van der Waals surface area contributed by atoms with Gasteiger partial charge in [-0.15, -0.1) is 0 Å². The van der Waals surface area contributed by atoms with Gasteiger partial charge in [0.25, 0.3) is 5.91 Å². The van der Waals surface area contributed by atoms with Crippen molar-refractivity contribution in [1.29, 1.82) is 0 Å². The lowest BCUT2D eigenvalue weighted by Crippen LogP contribution is -2.28. The topological polar surface area (TPSA) is 74.6 Å². The number of para-hydroxylation sites is 1. The fraction of sp³-hybridized carbons (Fsp3) is 0.333. The highest BCUT2D eigenvalue weighted by Crippen LogP contribution is 2.21. The first kappa shape index (κ1) is 22.2. The maximum atomic E-state index is 12.7. The Morgan fingerprint density at radius 3 is 2.85 bits per heavy atom. The van der Waals surface area contributed by atoms with Gasteiger partial charge in [-0.3, -0.25) is 9.69 Å². The van der Waals surface area contributed by atoms with Crippen molar-refractivity contribution in [3.63, 3.8) is 0 Å². The average molecular weight is 459 g/mol. The third-order valence-electron chi connectivity index (χ3n) is 6.44. The van der Waals surface area contributed by atoms with Gasteiger partial charge in [0.05, 0.1) is 13.7 Å². The van der Waals surface area contributed by atoms with Gasteiger partial charge in [-0.1, -0.05) is 30.3 Å². The number of likely N-dealkylation sites (tertiary alicyclic amines) is 1. The smallest absolute Gasteiger partial charge is 0.275 e. The molecule has 7 heteroatoms. The SMILES string of the molecule is COc1cccc(CN(CCc2c[nH]c3ccccc23)Cc2nc(C(=O)N3CCCC3)co2)c1. The molecule has 2 aromatic carbocycles. The van der Waals surface area contributed by atoms with Crippen molar-refractivity contribution in [2.75, 3.05) is 26.7 Å². The van der Waals surface area contributed by atoms with E-state index in [1.165, 1.54) is 17.2 Å². The molecule has 7 nitrogen and oxygen atoms in total. The minimum Gasteiger partial charge on any atom is -0.497 e. The number of amides is 1. The fourth-order valence-electron chi connectivity index (χ4n) is 4.62. The highest BCUT2D eigenvalue weighted by molar-refractivity contribution is 5.92. The second-order valence-corrected chi connectivity index (χ2v) is 8.80. The number of methoxy groups -OCH3 is 1. The first-order valence-electron chi connectivity index (χ1n) is 11.8. The molecule has 2 aromatic heterocycles. The number of rotatable bonds is 9. The van der Waals surface area contributed by atoms with Crippen LogP contribution in [0, 0.1) is 0 Å². The van der Waals surface area contributed by atoms with Crippen LogP contribution >= 0.6 is 0 Å². The molecule has 0 unspecified atom stereocenters. The summed E-state index contributed by atoms with van der Waals surface area (Å²) < 4.78 is 11.1. The van der Waals surface area contributed by atoms with Crippen molar-refractivity contribution in [3.8, 4) is 5.75 Å². The normalized spacial score (nSPS) is 13.8. The molecule has 1 fully saturated rings. The van der Waals surface area contributed by atoms with Crippen LogP contribution in [0.4, 0.5) is 0 Å². The van der Waals surface area contributed by atoms with E-state index in [-0.39, 0.29) is 5.91 Å². The summed E-state index contributed by atoms with van der Waals surface area (Å²) in [5.74, 6) is 1.36. The second-order valence-electron chi connectivity index (χ2n) is 8.80. The minimum atomic E-state index is -0.0364. The summed E-state index contributed by atoms with van der Waals surface area (Å²) in [7, 11) is 1.68. The molecule has 5 rings (SSSR count). The van der Waals surface area contributed by atoms with Crippen LogP contribution in [-0.4, -0.2) is 52.4 Å². The summed E-state index contributed by atoms with van der Waals surface area (Å²) in [4.78, 5) is 24.7. The molecule has 34 heavy (non-hydrogen) atoms. The lowest BCUT2D eigenvalue weighted by Gasteiger charge is -2.21. The molecule has 0 radical (unpaired) electrons. The summed E-state index contributed by atoms with van der Waals surface area (Å²) in [6.07, 6.45) is 6.58. The minimum absolute atomic E-state index is 0.0364. The van der Waals surface area contributed by atoms with Crippen LogP contribution in [0.2, 0.25) is 0 Å². The molecule has 0 aliphatic carbocycles. The number of benzene rings is 2. The van der Waals surface area contributed by atoms with Gasteiger partial charge in [0.15, 0.2) is 5.69 Å². The molecule has 1 aliphatic heterocycles. The van der Waals surface area contributed by atoms with E-state index in [1.54, 1.807) is 7.11 Å². The third kappa shape index (κ3) is 4.99. The number of oxazole rings is 1. The lowest BCUT2D eigenvalue weighted by atomic mass is 10.1. The van der Waals surface area contributed by atoms with Gasteiger partial charge in [0.1, 0.15) is 12.0 Å². The number of carbonyl (C=O) groups excluding carboxylic acids is 1. The van der Waals surface area contributed by atoms with Gasteiger partial charge in [-0.2, -0.15) is 0 Å². The highest BCUT2D eigenvalue weighted by Gasteiger charge is 2.23. The summed E-state index contributed by atoms with van der Waals surface area (Å²) in [6.45, 7) is 3.66. The fourth-order valence-corrected chi connectivity index (χ4v) is 4.62. The van der Waals surface area contributed by atoms with Gasteiger partial charge in [-0.25, -0.2) is 4.98 Å². The van der Waals surface area contributed by atoms with Crippen LogP contribution in [0.25, 0.3) is 10.9 Å². The van der Waals surface area contributed by atoms with Gasteiger partial charge in [0.2, 0.25) is 5.89 Å². The number of carbonyl (C=O) groups is 1. The van der Waals surface area contributed by atoms with E-state index >= 15 is 0 Å². The van der Waals surface area contributed by atoms with Gasteiger partial charge in [-0.05, 0) is 48.6 Å². The van der Waals surface area contributed by atoms with E-state index in [0.717, 1.165) is 62.3 Å². The third-order valence-corrected chi connectivity index (χ3v) is 6.44.